The molecule has 8 nitrogen and oxygen atoms in total. The summed E-state index contributed by atoms with van der Waals surface area (Å²) in [5, 5.41) is 4.06. The average Bonchev–Trinajstić information content (AvgIpc) is 3.42. The first-order valence-electron chi connectivity index (χ1n) is 9.06. The lowest BCUT2D eigenvalue weighted by atomic mass is 9.96. The van der Waals surface area contributed by atoms with Gasteiger partial charge in [0.15, 0.2) is 5.82 Å². The summed E-state index contributed by atoms with van der Waals surface area (Å²) in [5.41, 5.74) is 1.01. The molecule has 3 aromatic heterocycles. The van der Waals surface area contributed by atoms with E-state index in [2.05, 4.69) is 20.1 Å². The van der Waals surface area contributed by atoms with Crippen LogP contribution in [0, 0.1) is 0 Å². The fourth-order valence-electron chi connectivity index (χ4n) is 2.98. The number of nitrogens with zero attached hydrogens (tertiary/aromatic N) is 6. The van der Waals surface area contributed by atoms with E-state index < -0.39 is 0 Å². The topological polar surface area (TPSA) is 89.9 Å². The molecular formula is C19H22N6O2. The van der Waals surface area contributed by atoms with Crippen LogP contribution in [0.25, 0.3) is 17.3 Å². The largest absolute Gasteiger partial charge is 0.337 e. The Kier molecular flexibility index (Phi) is 4.25. The summed E-state index contributed by atoms with van der Waals surface area (Å²) in [6.07, 6.45) is 7.09. The Morgan fingerprint density at radius 1 is 1.19 bits per heavy atom. The molecule has 4 rings (SSSR count). The van der Waals surface area contributed by atoms with Crippen molar-refractivity contribution in [1.82, 2.24) is 29.6 Å². The third-order valence-electron chi connectivity index (χ3n) is 4.55. The van der Waals surface area contributed by atoms with Crippen LogP contribution in [0.15, 0.2) is 35.4 Å². The summed E-state index contributed by atoms with van der Waals surface area (Å²) in [5.74, 6) is 1.69. The van der Waals surface area contributed by atoms with Crippen molar-refractivity contribution in [2.24, 2.45) is 0 Å². The molecule has 0 saturated carbocycles. The molecule has 0 aromatic carbocycles. The Bertz CT molecular complexity index is 962. The molecule has 1 aliphatic heterocycles. The summed E-state index contributed by atoms with van der Waals surface area (Å²) < 4.78 is 7.13. The minimum Gasteiger partial charge on any atom is -0.337 e. The van der Waals surface area contributed by atoms with E-state index in [0.717, 1.165) is 31.5 Å². The molecule has 0 spiro atoms. The maximum absolute atomic E-state index is 12.5. The van der Waals surface area contributed by atoms with Crippen molar-refractivity contribution < 1.29 is 9.32 Å². The number of imidazole rings is 1. The third kappa shape index (κ3) is 3.47. The summed E-state index contributed by atoms with van der Waals surface area (Å²) in [6.45, 7) is 7.69. The van der Waals surface area contributed by atoms with Gasteiger partial charge in [0.05, 0.1) is 0 Å². The molecule has 3 aromatic rings. The highest BCUT2D eigenvalue weighted by molar-refractivity contribution is 5.92. The number of carbonyl (C=O) groups excluding carboxylic acids is 1. The lowest BCUT2D eigenvalue weighted by molar-refractivity contribution is 0.0787. The van der Waals surface area contributed by atoms with Gasteiger partial charge in [-0.3, -0.25) is 9.36 Å². The van der Waals surface area contributed by atoms with Crippen molar-refractivity contribution in [1.29, 1.82) is 0 Å². The minimum absolute atomic E-state index is 0.0332. The first kappa shape index (κ1) is 17.4. The van der Waals surface area contributed by atoms with E-state index in [-0.39, 0.29) is 11.3 Å². The van der Waals surface area contributed by atoms with Crippen molar-refractivity contribution >= 4 is 5.91 Å². The van der Waals surface area contributed by atoms with Gasteiger partial charge in [-0.15, -0.1) is 0 Å². The van der Waals surface area contributed by atoms with E-state index in [9.17, 15) is 4.79 Å². The standard InChI is InChI=1S/C19H22N6O2/c1-19(2,3)18-22-16(27-23-18)13-6-7-20-15(10-13)25-11-14(21-12-25)17(26)24-8-4-5-9-24/h6-7,10-12H,4-5,8-9H2,1-3H3. The van der Waals surface area contributed by atoms with Gasteiger partial charge in [-0.25, -0.2) is 9.97 Å². The van der Waals surface area contributed by atoms with Crippen LogP contribution in [0.4, 0.5) is 0 Å². The van der Waals surface area contributed by atoms with Crippen LogP contribution in [-0.2, 0) is 5.41 Å². The third-order valence-corrected chi connectivity index (χ3v) is 4.55. The molecule has 0 aliphatic carbocycles. The second-order valence-corrected chi connectivity index (χ2v) is 7.74. The monoisotopic (exact) mass is 366 g/mol. The van der Waals surface area contributed by atoms with E-state index in [0.29, 0.717) is 23.2 Å². The Balaban J connectivity index is 1.59. The number of carbonyl (C=O) groups is 1. The van der Waals surface area contributed by atoms with Gasteiger partial charge < -0.3 is 9.42 Å². The number of rotatable bonds is 3. The Morgan fingerprint density at radius 2 is 1.96 bits per heavy atom. The predicted molar refractivity (Wildman–Crippen MR) is 98.5 cm³/mol. The van der Waals surface area contributed by atoms with Crippen LogP contribution >= 0.6 is 0 Å². The molecule has 0 atom stereocenters. The summed E-state index contributed by atoms with van der Waals surface area (Å²) >= 11 is 0. The van der Waals surface area contributed by atoms with Gasteiger partial charge in [0.1, 0.15) is 17.8 Å². The molecule has 8 heteroatoms. The number of pyridine rings is 1. The number of amides is 1. The lowest BCUT2D eigenvalue weighted by Gasteiger charge is -2.12. The van der Waals surface area contributed by atoms with Gasteiger partial charge in [0.25, 0.3) is 11.8 Å². The van der Waals surface area contributed by atoms with Gasteiger partial charge >= 0.3 is 0 Å². The maximum atomic E-state index is 12.5. The molecule has 0 N–H and O–H groups in total. The molecule has 1 saturated heterocycles. The molecule has 0 bridgehead atoms. The SMILES string of the molecule is CC(C)(C)c1noc(-c2ccnc(-n3cnc(C(=O)N4CCCC4)c3)c2)n1. The fraction of sp³-hybridized carbons (Fsp3) is 0.421. The molecule has 0 radical (unpaired) electrons. The highest BCUT2D eigenvalue weighted by Crippen LogP contribution is 2.24. The highest BCUT2D eigenvalue weighted by Gasteiger charge is 2.23. The smallest absolute Gasteiger partial charge is 0.274 e. The molecule has 0 unspecified atom stereocenters. The van der Waals surface area contributed by atoms with Crippen LogP contribution in [0.3, 0.4) is 0 Å². The molecule has 140 valence electrons. The Morgan fingerprint density at radius 3 is 2.67 bits per heavy atom. The summed E-state index contributed by atoms with van der Waals surface area (Å²) in [4.78, 5) is 27.4. The van der Waals surface area contributed by atoms with Gasteiger partial charge in [0.2, 0.25) is 0 Å². The van der Waals surface area contributed by atoms with Crippen molar-refractivity contribution in [3.8, 4) is 17.3 Å². The van der Waals surface area contributed by atoms with E-state index in [4.69, 9.17) is 4.52 Å². The molecule has 1 fully saturated rings. The van der Waals surface area contributed by atoms with Gasteiger partial charge in [0, 0.05) is 36.5 Å². The van der Waals surface area contributed by atoms with Gasteiger partial charge in [-0.2, -0.15) is 4.98 Å². The summed E-state index contributed by atoms with van der Waals surface area (Å²) in [7, 11) is 0. The van der Waals surface area contributed by atoms with Crippen LogP contribution in [0.5, 0.6) is 0 Å². The van der Waals surface area contributed by atoms with Crippen molar-refractivity contribution in [3.05, 3.63) is 42.4 Å². The number of hydrogen-bond donors (Lipinski definition) is 0. The fourth-order valence-corrected chi connectivity index (χ4v) is 2.98. The second kappa shape index (κ2) is 6.61. The van der Waals surface area contributed by atoms with E-state index in [1.807, 2.05) is 37.8 Å². The van der Waals surface area contributed by atoms with E-state index in [1.54, 1.807) is 23.3 Å². The molecular weight excluding hydrogens is 344 g/mol. The van der Waals surface area contributed by atoms with E-state index >= 15 is 0 Å². The molecule has 27 heavy (non-hydrogen) atoms. The number of hydrogen-bond acceptors (Lipinski definition) is 6. The zero-order valence-corrected chi connectivity index (χ0v) is 15.7. The zero-order valence-electron chi connectivity index (χ0n) is 15.7. The van der Waals surface area contributed by atoms with Crippen LogP contribution in [-0.4, -0.2) is 48.6 Å². The average molecular weight is 366 g/mol. The Hall–Kier alpha value is -3.03. The Labute approximate surface area is 157 Å². The first-order valence-corrected chi connectivity index (χ1v) is 9.06. The number of aromatic nitrogens is 5. The van der Waals surface area contributed by atoms with Gasteiger partial charge in [-0.05, 0) is 25.0 Å². The quantitative estimate of drug-likeness (QED) is 0.708. The maximum Gasteiger partial charge on any atom is 0.274 e. The van der Waals surface area contributed by atoms with E-state index in [1.165, 1.54) is 0 Å². The lowest BCUT2D eigenvalue weighted by Crippen LogP contribution is -2.27. The highest BCUT2D eigenvalue weighted by atomic mass is 16.5. The van der Waals surface area contributed by atoms with Crippen molar-refractivity contribution in [2.45, 2.75) is 39.0 Å². The molecule has 4 heterocycles. The first-order chi connectivity index (χ1) is 12.9. The van der Waals surface area contributed by atoms with Crippen LogP contribution < -0.4 is 0 Å². The van der Waals surface area contributed by atoms with Crippen molar-refractivity contribution in [3.63, 3.8) is 0 Å². The minimum atomic E-state index is -0.188. The second-order valence-electron chi connectivity index (χ2n) is 7.74. The molecule has 1 aliphatic rings. The number of likely N-dealkylation sites (tertiary alicyclic amines) is 1. The zero-order chi connectivity index (χ0) is 19.0. The van der Waals surface area contributed by atoms with Crippen molar-refractivity contribution in [2.75, 3.05) is 13.1 Å². The van der Waals surface area contributed by atoms with Gasteiger partial charge in [-0.1, -0.05) is 25.9 Å². The van der Waals surface area contributed by atoms with Crippen LogP contribution in [0.2, 0.25) is 0 Å². The predicted octanol–water partition coefficient (Wildman–Crippen LogP) is 2.85. The van der Waals surface area contributed by atoms with Crippen LogP contribution in [0.1, 0.15) is 49.9 Å². The summed E-state index contributed by atoms with van der Waals surface area (Å²) in [6, 6.07) is 3.66. The molecule has 1 amide bonds. The normalized spacial score (nSPS) is 14.7.